The van der Waals surface area contributed by atoms with E-state index < -0.39 is 0 Å². The Bertz CT molecular complexity index is 538. The number of hydrazine groups is 1. The summed E-state index contributed by atoms with van der Waals surface area (Å²) >= 11 is 0. The Kier molecular flexibility index (Phi) is 4.10. The number of halogens is 1. The molecule has 112 valence electrons. The van der Waals surface area contributed by atoms with Crippen LogP contribution in [0.5, 0.6) is 0 Å². The number of benzene rings is 1. The molecule has 2 aliphatic rings. The highest BCUT2D eigenvalue weighted by Crippen LogP contribution is 2.19. The van der Waals surface area contributed by atoms with Gasteiger partial charge in [-0.05, 0) is 37.2 Å². The van der Waals surface area contributed by atoms with Crippen LogP contribution in [0.1, 0.15) is 12.0 Å². The van der Waals surface area contributed by atoms with Crippen molar-refractivity contribution in [2.75, 3.05) is 20.1 Å². The summed E-state index contributed by atoms with van der Waals surface area (Å²) in [7, 11) is 2.02. The SMILES string of the molecule is CN[C@@H]1CCN(C2=CN(Cc3ccc(F)cc3)NC=C2)C1. The second-order valence-corrected chi connectivity index (χ2v) is 5.49. The molecule has 2 N–H and O–H groups in total. The lowest BCUT2D eigenvalue weighted by Gasteiger charge is -2.29. The van der Waals surface area contributed by atoms with Gasteiger partial charge in [0.25, 0.3) is 0 Å². The van der Waals surface area contributed by atoms with Gasteiger partial charge in [-0.1, -0.05) is 12.1 Å². The summed E-state index contributed by atoms with van der Waals surface area (Å²) in [5.41, 5.74) is 5.49. The van der Waals surface area contributed by atoms with Gasteiger partial charge in [-0.15, -0.1) is 0 Å². The molecular weight excluding hydrogens is 267 g/mol. The van der Waals surface area contributed by atoms with Crippen LogP contribution in [-0.2, 0) is 6.54 Å². The van der Waals surface area contributed by atoms with Crippen molar-refractivity contribution in [1.82, 2.24) is 20.7 Å². The average molecular weight is 288 g/mol. The lowest BCUT2D eigenvalue weighted by molar-refractivity contribution is 0.285. The van der Waals surface area contributed by atoms with Crippen LogP contribution < -0.4 is 10.7 Å². The molecule has 1 saturated heterocycles. The molecule has 21 heavy (non-hydrogen) atoms. The van der Waals surface area contributed by atoms with Crippen LogP contribution in [0.15, 0.2) is 48.4 Å². The molecule has 1 fully saturated rings. The van der Waals surface area contributed by atoms with Crippen LogP contribution in [0.4, 0.5) is 4.39 Å². The predicted molar refractivity (Wildman–Crippen MR) is 81.3 cm³/mol. The van der Waals surface area contributed by atoms with E-state index in [0.29, 0.717) is 12.6 Å². The summed E-state index contributed by atoms with van der Waals surface area (Å²) in [4.78, 5) is 2.39. The molecule has 1 aromatic rings. The molecule has 0 unspecified atom stereocenters. The minimum Gasteiger partial charge on any atom is -0.369 e. The average Bonchev–Trinajstić information content (AvgIpc) is 2.99. The second-order valence-electron chi connectivity index (χ2n) is 5.49. The van der Waals surface area contributed by atoms with E-state index in [2.05, 4.69) is 27.9 Å². The zero-order chi connectivity index (χ0) is 14.7. The van der Waals surface area contributed by atoms with Gasteiger partial charge in [0, 0.05) is 31.5 Å². The lowest BCUT2D eigenvalue weighted by atomic mass is 10.2. The van der Waals surface area contributed by atoms with Gasteiger partial charge in [-0.3, -0.25) is 5.01 Å². The molecule has 0 amide bonds. The molecule has 3 rings (SSSR count). The van der Waals surface area contributed by atoms with Crippen molar-refractivity contribution in [3.8, 4) is 0 Å². The smallest absolute Gasteiger partial charge is 0.123 e. The Hall–Kier alpha value is -2.01. The maximum Gasteiger partial charge on any atom is 0.123 e. The third-order valence-corrected chi connectivity index (χ3v) is 4.01. The van der Waals surface area contributed by atoms with E-state index in [1.54, 1.807) is 0 Å². The fourth-order valence-electron chi connectivity index (χ4n) is 2.75. The molecule has 0 bridgehead atoms. The number of hydrogen-bond donors (Lipinski definition) is 2. The Balaban J connectivity index is 1.65. The van der Waals surface area contributed by atoms with E-state index in [1.165, 1.54) is 24.3 Å². The first kappa shape index (κ1) is 13.9. The summed E-state index contributed by atoms with van der Waals surface area (Å²) in [6.45, 7) is 2.82. The standard InChI is InChI=1S/C16H21FN4/c1-18-15-7-9-20(11-15)16-6-8-19-21(12-16)10-13-2-4-14(17)5-3-13/h2-6,8,12,15,18-19H,7,9-11H2,1H3/t15-/m1/s1. The first-order valence-electron chi connectivity index (χ1n) is 7.32. The maximum absolute atomic E-state index is 12.9. The van der Waals surface area contributed by atoms with E-state index in [9.17, 15) is 4.39 Å². The molecule has 0 spiro atoms. The van der Waals surface area contributed by atoms with Crippen molar-refractivity contribution >= 4 is 0 Å². The van der Waals surface area contributed by atoms with Crippen molar-refractivity contribution in [3.63, 3.8) is 0 Å². The summed E-state index contributed by atoms with van der Waals surface area (Å²) in [6.07, 6.45) is 7.33. The lowest BCUT2D eigenvalue weighted by Crippen LogP contribution is -2.35. The number of likely N-dealkylation sites (tertiary alicyclic amines) is 1. The monoisotopic (exact) mass is 288 g/mol. The molecule has 0 radical (unpaired) electrons. The van der Waals surface area contributed by atoms with Gasteiger partial charge in [0.1, 0.15) is 5.82 Å². The summed E-state index contributed by atoms with van der Waals surface area (Å²) in [5.74, 6) is -0.198. The summed E-state index contributed by atoms with van der Waals surface area (Å²) in [5, 5.41) is 5.35. The van der Waals surface area contributed by atoms with Gasteiger partial charge in [0.2, 0.25) is 0 Å². The minimum atomic E-state index is -0.198. The molecule has 0 saturated carbocycles. The number of nitrogens with zero attached hydrogens (tertiary/aromatic N) is 2. The van der Waals surface area contributed by atoms with Gasteiger partial charge >= 0.3 is 0 Å². The Morgan fingerprint density at radius 1 is 1.33 bits per heavy atom. The molecule has 0 aliphatic carbocycles. The highest BCUT2D eigenvalue weighted by molar-refractivity contribution is 5.22. The molecule has 5 heteroatoms. The minimum absolute atomic E-state index is 0.198. The highest BCUT2D eigenvalue weighted by Gasteiger charge is 2.22. The van der Waals surface area contributed by atoms with Crippen molar-refractivity contribution in [1.29, 1.82) is 0 Å². The number of allylic oxidation sites excluding steroid dienone is 1. The number of likely N-dealkylation sites (N-methyl/N-ethyl adjacent to an activating group) is 1. The van der Waals surface area contributed by atoms with Crippen LogP contribution in [0, 0.1) is 5.82 Å². The van der Waals surface area contributed by atoms with E-state index in [1.807, 2.05) is 30.4 Å². The van der Waals surface area contributed by atoms with Gasteiger partial charge in [-0.25, -0.2) is 4.39 Å². The van der Waals surface area contributed by atoms with Gasteiger partial charge in [-0.2, -0.15) is 0 Å². The van der Waals surface area contributed by atoms with Crippen LogP contribution in [0.25, 0.3) is 0 Å². The maximum atomic E-state index is 12.9. The molecule has 4 nitrogen and oxygen atoms in total. The van der Waals surface area contributed by atoms with Crippen LogP contribution in [0.2, 0.25) is 0 Å². The zero-order valence-corrected chi connectivity index (χ0v) is 12.2. The topological polar surface area (TPSA) is 30.5 Å². The van der Waals surface area contributed by atoms with E-state index >= 15 is 0 Å². The highest BCUT2D eigenvalue weighted by atomic mass is 19.1. The fourth-order valence-corrected chi connectivity index (χ4v) is 2.75. The first-order chi connectivity index (χ1) is 10.2. The summed E-state index contributed by atoms with van der Waals surface area (Å²) < 4.78 is 12.9. The zero-order valence-electron chi connectivity index (χ0n) is 12.2. The van der Waals surface area contributed by atoms with Crippen molar-refractivity contribution in [2.45, 2.75) is 19.0 Å². The largest absolute Gasteiger partial charge is 0.369 e. The van der Waals surface area contributed by atoms with Crippen molar-refractivity contribution in [2.24, 2.45) is 0 Å². The molecule has 1 aromatic carbocycles. The normalized spacial score (nSPS) is 21.4. The van der Waals surface area contributed by atoms with Gasteiger partial charge in [0.05, 0.1) is 12.2 Å². The Morgan fingerprint density at radius 2 is 2.14 bits per heavy atom. The van der Waals surface area contributed by atoms with E-state index in [4.69, 9.17) is 0 Å². The third-order valence-electron chi connectivity index (χ3n) is 4.01. The number of rotatable bonds is 4. The first-order valence-corrected chi connectivity index (χ1v) is 7.32. The fraction of sp³-hybridized carbons (Fsp3) is 0.375. The molecule has 1 atom stereocenters. The summed E-state index contributed by atoms with van der Waals surface area (Å²) in [6, 6.07) is 7.20. The number of hydrogen-bond acceptors (Lipinski definition) is 4. The van der Waals surface area contributed by atoms with Crippen LogP contribution >= 0.6 is 0 Å². The van der Waals surface area contributed by atoms with Gasteiger partial charge in [0.15, 0.2) is 0 Å². The van der Waals surface area contributed by atoms with Gasteiger partial charge < -0.3 is 15.6 Å². The van der Waals surface area contributed by atoms with Crippen LogP contribution in [0.3, 0.4) is 0 Å². The third kappa shape index (κ3) is 3.36. The second kappa shape index (κ2) is 6.18. The Morgan fingerprint density at radius 3 is 2.86 bits per heavy atom. The molecule has 0 aromatic heterocycles. The predicted octanol–water partition coefficient (Wildman–Crippen LogP) is 1.79. The Labute approximate surface area is 124 Å². The number of nitrogens with one attached hydrogen (secondary N) is 2. The molecule has 2 aliphatic heterocycles. The molecular formula is C16H21FN4. The molecule has 2 heterocycles. The van der Waals surface area contributed by atoms with Crippen molar-refractivity contribution in [3.05, 3.63) is 59.8 Å². The van der Waals surface area contributed by atoms with E-state index in [0.717, 1.165) is 18.7 Å². The van der Waals surface area contributed by atoms with Crippen molar-refractivity contribution < 1.29 is 4.39 Å². The van der Waals surface area contributed by atoms with Crippen LogP contribution in [-0.4, -0.2) is 36.1 Å². The quantitative estimate of drug-likeness (QED) is 0.884. The van der Waals surface area contributed by atoms with E-state index in [-0.39, 0.29) is 5.82 Å².